The van der Waals surface area contributed by atoms with Crippen LogP contribution in [0, 0.1) is 11.7 Å². The number of rotatable bonds is 3. The van der Waals surface area contributed by atoms with Crippen LogP contribution in [0.1, 0.15) is 25.7 Å². The summed E-state index contributed by atoms with van der Waals surface area (Å²) in [5.74, 6) is 0.0427. The highest BCUT2D eigenvalue weighted by Gasteiger charge is 2.28. The Kier molecular flexibility index (Phi) is 6.38. The Morgan fingerprint density at radius 3 is 2.81 bits per heavy atom. The third-order valence-electron chi connectivity index (χ3n) is 4.72. The molecule has 0 saturated carbocycles. The summed E-state index contributed by atoms with van der Waals surface area (Å²) >= 11 is 0. The maximum Gasteiger partial charge on any atom is 0.239 e. The minimum absolute atomic E-state index is 0.0395. The molecule has 0 bridgehead atoms. The summed E-state index contributed by atoms with van der Waals surface area (Å²) in [6.45, 7) is 2.45. The van der Waals surface area contributed by atoms with E-state index < -0.39 is 12.2 Å². The van der Waals surface area contributed by atoms with Crippen LogP contribution in [0.4, 0.5) is 24.9 Å². The van der Waals surface area contributed by atoms with E-state index in [2.05, 4.69) is 10.1 Å². The van der Waals surface area contributed by atoms with Crippen LogP contribution in [-0.4, -0.2) is 58.5 Å². The van der Waals surface area contributed by atoms with Crippen molar-refractivity contribution >= 4 is 17.3 Å². The molecule has 2 unspecified atom stereocenters. The molecular formula is C17H24F3N5O2. The molecule has 3 N–H and O–H groups in total. The highest BCUT2D eigenvalue weighted by molar-refractivity contribution is 5.59. The number of halogens is 3. The van der Waals surface area contributed by atoms with Gasteiger partial charge in [0.1, 0.15) is 11.3 Å². The van der Waals surface area contributed by atoms with Crippen LogP contribution in [-0.2, 0) is 4.74 Å². The summed E-state index contributed by atoms with van der Waals surface area (Å²) in [6, 6.07) is 1.34. The molecule has 2 aromatic heterocycles. The number of nitrogens with zero attached hydrogens (tertiary/aromatic N) is 4. The second-order valence-electron chi connectivity index (χ2n) is 6.86. The summed E-state index contributed by atoms with van der Waals surface area (Å²) < 4.78 is 44.9. The SMILES string of the molecule is Nc1ncc2c(F)cc(N3CCC(CC(F)F)C3)n2n1.OC1CCCOC1. The summed E-state index contributed by atoms with van der Waals surface area (Å²) in [4.78, 5) is 5.61. The first kappa shape index (κ1) is 19.7. The van der Waals surface area contributed by atoms with Gasteiger partial charge in [0, 0.05) is 32.2 Å². The highest BCUT2D eigenvalue weighted by atomic mass is 19.3. The third kappa shape index (κ3) is 5.01. The number of aliphatic hydroxyl groups is 1. The van der Waals surface area contributed by atoms with Gasteiger partial charge in [0.05, 0.1) is 18.9 Å². The predicted octanol–water partition coefficient (Wildman–Crippen LogP) is 2.09. The fourth-order valence-electron chi connectivity index (χ4n) is 3.38. The lowest BCUT2D eigenvalue weighted by Gasteiger charge is -2.17. The lowest BCUT2D eigenvalue weighted by Crippen LogP contribution is -2.22. The average Bonchev–Trinajstić information content (AvgIpc) is 3.20. The van der Waals surface area contributed by atoms with Crippen LogP contribution < -0.4 is 10.6 Å². The zero-order valence-electron chi connectivity index (χ0n) is 14.9. The number of hydrogen-bond acceptors (Lipinski definition) is 6. The minimum Gasteiger partial charge on any atom is -0.391 e. The fourth-order valence-corrected chi connectivity index (χ4v) is 3.38. The largest absolute Gasteiger partial charge is 0.391 e. The molecular weight excluding hydrogens is 363 g/mol. The maximum atomic E-state index is 13.8. The predicted molar refractivity (Wildman–Crippen MR) is 94.4 cm³/mol. The van der Waals surface area contributed by atoms with Crippen LogP contribution in [0.5, 0.6) is 0 Å². The van der Waals surface area contributed by atoms with Crippen molar-refractivity contribution in [1.29, 1.82) is 0 Å². The van der Waals surface area contributed by atoms with Crippen molar-refractivity contribution in [3.63, 3.8) is 0 Å². The van der Waals surface area contributed by atoms with Gasteiger partial charge in [-0.25, -0.2) is 22.7 Å². The molecule has 2 aromatic rings. The topological polar surface area (TPSA) is 88.9 Å². The van der Waals surface area contributed by atoms with Crippen molar-refractivity contribution in [2.45, 2.75) is 38.2 Å². The molecule has 0 aliphatic carbocycles. The molecule has 2 fully saturated rings. The average molecular weight is 387 g/mol. The molecule has 2 aliphatic heterocycles. The first-order valence-electron chi connectivity index (χ1n) is 9.02. The number of alkyl halides is 2. The fraction of sp³-hybridized carbons (Fsp3) is 0.647. The van der Waals surface area contributed by atoms with Crippen LogP contribution >= 0.6 is 0 Å². The van der Waals surface area contributed by atoms with Crippen molar-refractivity contribution < 1.29 is 23.0 Å². The number of aliphatic hydroxyl groups excluding tert-OH is 1. The Hall–Kier alpha value is -2.07. The first-order valence-corrected chi connectivity index (χ1v) is 9.02. The molecule has 4 heterocycles. The Balaban J connectivity index is 0.000000253. The van der Waals surface area contributed by atoms with Gasteiger partial charge >= 0.3 is 0 Å². The van der Waals surface area contributed by atoms with E-state index in [4.69, 9.17) is 15.6 Å². The summed E-state index contributed by atoms with van der Waals surface area (Å²) in [5.41, 5.74) is 5.74. The van der Waals surface area contributed by atoms with E-state index in [0.717, 1.165) is 19.4 Å². The summed E-state index contributed by atoms with van der Waals surface area (Å²) in [7, 11) is 0. The Morgan fingerprint density at radius 2 is 2.19 bits per heavy atom. The minimum atomic E-state index is -2.31. The van der Waals surface area contributed by atoms with Crippen molar-refractivity contribution in [2.24, 2.45) is 5.92 Å². The number of aromatic nitrogens is 3. The van der Waals surface area contributed by atoms with Gasteiger partial charge in [0.25, 0.3) is 0 Å². The molecule has 0 spiro atoms. The second kappa shape index (κ2) is 8.75. The van der Waals surface area contributed by atoms with Gasteiger partial charge in [-0.3, -0.25) is 0 Å². The number of ether oxygens (including phenoxy) is 1. The monoisotopic (exact) mass is 387 g/mol. The van der Waals surface area contributed by atoms with Gasteiger partial charge in [-0.2, -0.15) is 0 Å². The van der Waals surface area contributed by atoms with Crippen LogP contribution in [0.15, 0.2) is 12.3 Å². The van der Waals surface area contributed by atoms with Crippen LogP contribution in [0.25, 0.3) is 5.52 Å². The zero-order chi connectivity index (χ0) is 19.4. The van der Waals surface area contributed by atoms with Crippen molar-refractivity contribution in [1.82, 2.24) is 14.6 Å². The van der Waals surface area contributed by atoms with Crippen LogP contribution in [0.3, 0.4) is 0 Å². The smallest absolute Gasteiger partial charge is 0.239 e. The van der Waals surface area contributed by atoms with E-state index >= 15 is 0 Å². The van der Waals surface area contributed by atoms with E-state index in [1.807, 2.05) is 4.90 Å². The molecule has 27 heavy (non-hydrogen) atoms. The van der Waals surface area contributed by atoms with Crippen molar-refractivity contribution in [3.05, 3.63) is 18.1 Å². The lowest BCUT2D eigenvalue weighted by molar-refractivity contribution is -0.00535. The number of fused-ring (bicyclic) bond motifs is 1. The van der Waals surface area contributed by atoms with E-state index in [-0.39, 0.29) is 29.9 Å². The molecule has 150 valence electrons. The first-order chi connectivity index (χ1) is 12.9. The van der Waals surface area contributed by atoms with Gasteiger partial charge in [0.2, 0.25) is 12.4 Å². The Labute approximate surface area is 154 Å². The summed E-state index contributed by atoms with van der Waals surface area (Å²) in [6.07, 6.45) is 1.29. The molecule has 4 rings (SSSR count). The Morgan fingerprint density at radius 1 is 1.37 bits per heavy atom. The zero-order valence-corrected chi connectivity index (χ0v) is 14.9. The van der Waals surface area contributed by atoms with E-state index in [0.29, 0.717) is 31.9 Å². The van der Waals surface area contributed by atoms with Crippen molar-refractivity contribution in [3.8, 4) is 0 Å². The molecule has 0 amide bonds. The highest BCUT2D eigenvalue weighted by Crippen LogP contribution is 2.29. The number of hydrogen-bond donors (Lipinski definition) is 2. The van der Waals surface area contributed by atoms with Gasteiger partial charge in [-0.15, -0.1) is 5.10 Å². The molecule has 10 heteroatoms. The number of nitrogens with two attached hydrogens (primary N) is 1. The van der Waals surface area contributed by atoms with E-state index in [1.165, 1.54) is 16.8 Å². The third-order valence-corrected chi connectivity index (χ3v) is 4.72. The lowest BCUT2D eigenvalue weighted by atomic mass is 10.1. The number of nitrogen functional groups attached to an aromatic ring is 1. The van der Waals surface area contributed by atoms with Gasteiger partial charge < -0.3 is 20.5 Å². The molecule has 0 radical (unpaired) electrons. The van der Waals surface area contributed by atoms with Crippen molar-refractivity contribution in [2.75, 3.05) is 36.9 Å². The molecule has 2 atom stereocenters. The summed E-state index contributed by atoms with van der Waals surface area (Å²) in [5, 5.41) is 12.8. The van der Waals surface area contributed by atoms with Crippen LogP contribution in [0.2, 0.25) is 0 Å². The Bertz CT molecular complexity index is 751. The van der Waals surface area contributed by atoms with E-state index in [1.54, 1.807) is 0 Å². The van der Waals surface area contributed by atoms with Gasteiger partial charge in [-0.05, 0) is 25.2 Å². The molecule has 0 aromatic carbocycles. The molecule has 2 aliphatic rings. The van der Waals surface area contributed by atoms with Gasteiger partial charge in [0.15, 0.2) is 5.82 Å². The molecule has 7 nitrogen and oxygen atoms in total. The molecule has 2 saturated heterocycles. The standard InChI is InChI=1S/C12H14F3N5.C5H10O2/c13-8-4-11(20-9(8)5-17-12(16)18-20)19-2-1-7(6-19)3-10(14)15;6-5-2-1-3-7-4-5/h4-5,7,10H,1-3,6H2,(H2,16,18);5-6H,1-4H2. The second-order valence-corrected chi connectivity index (χ2v) is 6.86. The normalized spacial score (nSPS) is 22.9. The quantitative estimate of drug-likeness (QED) is 0.838. The van der Waals surface area contributed by atoms with E-state index in [9.17, 15) is 13.2 Å². The number of anilines is 2. The van der Waals surface area contributed by atoms with Gasteiger partial charge in [-0.1, -0.05) is 0 Å². The maximum absolute atomic E-state index is 13.8.